The second kappa shape index (κ2) is 6.24. The number of nitrogens with zero attached hydrogens (tertiary/aromatic N) is 3. The minimum atomic E-state index is -1.05. The quantitative estimate of drug-likeness (QED) is 0.586. The number of ether oxygens (including phenoxy) is 2. The van der Waals surface area contributed by atoms with Crippen LogP contribution in [0.5, 0.6) is 5.88 Å². The molecule has 0 N–H and O–H groups in total. The summed E-state index contributed by atoms with van der Waals surface area (Å²) in [4.78, 5) is 8.41. The Kier molecular flexibility index (Phi) is 4.82. The van der Waals surface area contributed by atoms with E-state index in [0.717, 1.165) is 28.2 Å². The standard InChI is InChI=1S/C13H20BrN3O2Si/c1-18-13-12-11(15-8-16-13)10(14)7-17(12)9-19-5-6-20(2,3)4/h7-8H,5-6,9H2,1-4H3. The highest BCUT2D eigenvalue weighted by Gasteiger charge is 2.15. The summed E-state index contributed by atoms with van der Waals surface area (Å²) in [5.41, 5.74) is 1.69. The highest BCUT2D eigenvalue weighted by molar-refractivity contribution is 9.10. The summed E-state index contributed by atoms with van der Waals surface area (Å²) in [7, 11) is 0.556. The van der Waals surface area contributed by atoms with E-state index in [0.29, 0.717) is 12.6 Å². The van der Waals surface area contributed by atoms with Crippen molar-refractivity contribution in [3.05, 3.63) is 17.0 Å². The molecule has 0 fully saturated rings. The first-order chi connectivity index (χ1) is 9.42. The van der Waals surface area contributed by atoms with Crippen LogP contribution in [0.25, 0.3) is 11.0 Å². The van der Waals surface area contributed by atoms with Crippen LogP contribution in [0.2, 0.25) is 25.7 Å². The number of hydrogen-bond acceptors (Lipinski definition) is 4. The van der Waals surface area contributed by atoms with Crippen molar-refractivity contribution in [3.63, 3.8) is 0 Å². The first kappa shape index (κ1) is 15.5. The Balaban J connectivity index is 2.14. The van der Waals surface area contributed by atoms with E-state index in [1.807, 2.05) is 10.8 Å². The van der Waals surface area contributed by atoms with Crippen LogP contribution in [-0.4, -0.2) is 36.3 Å². The molecule has 2 heterocycles. The fourth-order valence-electron chi connectivity index (χ4n) is 1.85. The zero-order valence-electron chi connectivity index (χ0n) is 12.3. The van der Waals surface area contributed by atoms with Crippen molar-refractivity contribution in [1.82, 2.24) is 14.5 Å². The zero-order chi connectivity index (χ0) is 14.8. The van der Waals surface area contributed by atoms with Crippen LogP contribution in [0.4, 0.5) is 0 Å². The molecule has 0 aliphatic rings. The Labute approximate surface area is 128 Å². The van der Waals surface area contributed by atoms with E-state index < -0.39 is 8.07 Å². The van der Waals surface area contributed by atoms with Gasteiger partial charge >= 0.3 is 0 Å². The number of fused-ring (bicyclic) bond motifs is 1. The molecule has 0 aromatic carbocycles. The van der Waals surface area contributed by atoms with Gasteiger partial charge in [0.05, 0.1) is 11.6 Å². The average Bonchev–Trinajstić information content (AvgIpc) is 2.71. The fourth-order valence-corrected chi connectivity index (χ4v) is 3.15. The van der Waals surface area contributed by atoms with Crippen LogP contribution in [0.1, 0.15) is 0 Å². The largest absolute Gasteiger partial charge is 0.479 e. The van der Waals surface area contributed by atoms with Gasteiger partial charge in [-0.3, -0.25) is 0 Å². The SMILES string of the molecule is COc1ncnc2c(Br)cn(COCC[Si](C)(C)C)c12. The minimum absolute atomic E-state index is 0.482. The topological polar surface area (TPSA) is 49.2 Å². The molecule has 0 aliphatic carbocycles. The van der Waals surface area contributed by atoms with E-state index >= 15 is 0 Å². The second-order valence-electron chi connectivity index (χ2n) is 5.87. The van der Waals surface area contributed by atoms with Gasteiger partial charge < -0.3 is 14.0 Å². The molecule has 0 spiro atoms. The lowest BCUT2D eigenvalue weighted by Crippen LogP contribution is -2.22. The molecule has 0 unspecified atom stereocenters. The van der Waals surface area contributed by atoms with Crippen LogP contribution >= 0.6 is 15.9 Å². The van der Waals surface area contributed by atoms with Crippen molar-refractivity contribution < 1.29 is 9.47 Å². The first-order valence-corrected chi connectivity index (χ1v) is 11.0. The second-order valence-corrected chi connectivity index (χ2v) is 12.4. The Morgan fingerprint density at radius 3 is 2.70 bits per heavy atom. The van der Waals surface area contributed by atoms with Gasteiger partial charge in [0.2, 0.25) is 5.88 Å². The van der Waals surface area contributed by atoms with E-state index in [1.165, 1.54) is 6.33 Å². The van der Waals surface area contributed by atoms with E-state index in [-0.39, 0.29) is 0 Å². The Morgan fingerprint density at radius 1 is 1.30 bits per heavy atom. The van der Waals surface area contributed by atoms with Gasteiger partial charge in [-0.25, -0.2) is 4.98 Å². The summed E-state index contributed by atoms with van der Waals surface area (Å²) in [6.45, 7) is 8.29. The van der Waals surface area contributed by atoms with Gasteiger partial charge in [0, 0.05) is 20.9 Å². The highest BCUT2D eigenvalue weighted by atomic mass is 79.9. The summed E-state index contributed by atoms with van der Waals surface area (Å²) in [6.07, 6.45) is 3.46. The lowest BCUT2D eigenvalue weighted by Gasteiger charge is -2.15. The van der Waals surface area contributed by atoms with Crippen molar-refractivity contribution in [3.8, 4) is 5.88 Å². The third kappa shape index (κ3) is 3.59. The predicted molar refractivity (Wildman–Crippen MR) is 85.9 cm³/mol. The number of hydrogen-bond donors (Lipinski definition) is 0. The first-order valence-electron chi connectivity index (χ1n) is 6.53. The van der Waals surface area contributed by atoms with Crippen LogP contribution < -0.4 is 4.74 Å². The average molecular weight is 358 g/mol. The van der Waals surface area contributed by atoms with E-state index in [9.17, 15) is 0 Å². The molecule has 20 heavy (non-hydrogen) atoms. The normalized spacial score (nSPS) is 12.1. The van der Waals surface area contributed by atoms with Crippen molar-refractivity contribution in [2.75, 3.05) is 13.7 Å². The van der Waals surface area contributed by atoms with Crippen molar-refractivity contribution in [2.45, 2.75) is 32.4 Å². The van der Waals surface area contributed by atoms with Crippen molar-refractivity contribution >= 4 is 35.0 Å². The third-order valence-corrected chi connectivity index (χ3v) is 5.28. The van der Waals surface area contributed by atoms with Gasteiger partial charge in [-0.15, -0.1) is 0 Å². The van der Waals surface area contributed by atoms with Crippen LogP contribution in [0.3, 0.4) is 0 Å². The molecule has 2 aromatic rings. The molecule has 0 saturated carbocycles. The van der Waals surface area contributed by atoms with Gasteiger partial charge in [0.1, 0.15) is 24.1 Å². The zero-order valence-corrected chi connectivity index (χ0v) is 14.9. The van der Waals surface area contributed by atoms with Crippen LogP contribution in [0.15, 0.2) is 17.0 Å². The maximum Gasteiger partial charge on any atom is 0.241 e. The van der Waals surface area contributed by atoms with Crippen molar-refractivity contribution in [2.24, 2.45) is 0 Å². The predicted octanol–water partition coefficient (Wildman–Crippen LogP) is 3.51. The monoisotopic (exact) mass is 357 g/mol. The van der Waals surface area contributed by atoms with E-state index in [2.05, 4.69) is 45.5 Å². The molecule has 110 valence electrons. The van der Waals surface area contributed by atoms with Crippen molar-refractivity contribution in [1.29, 1.82) is 0 Å². The molecule has 7 heteroatoms. The Hall–Kier alpha value is -0.923. The van der Waals surface area contributed by atoms with Crippen LogP contribution in [-0.2, 0) is 11.5 Å². The van der Waals surface area contributed by atoms with Crippen LogP contribution in [0, 0.1) is 0 Å². The Morgan fingerprint density at radius 2 is 2.05 bits per heavy atom. The minimum Gasteiger partial charge on any atom is -0.479 e. The summed E-state index contributed by atoms with van der Waals surface area (Å²) >= 11 is 3.51. The summed E-state index contributed by atoms with van der Waals surface area (Å²) < 4.78 is 14.0. The van der Waals surface area contributed by atoms with Gasteiger partial charge in [0.15, 0.2) is 0 Å². The number of methoxy groups -OCH3 is 1. The lowest BCUT2D eigenvalue weighted by atomic mass is 10.4. The van der Waals surface area contributed by atoms with Gasteiger partial charge in [-0.05, 0) is 22.0 Å². The summed E-state index contributed by atoms with van der Waals surface area (Å²) in [5, 5.41) is 0. The molecular weight excluding hydrogens is 338 g/mol. The smallest absolute Gasteiger partial charge is 0.241 e. The maximum absolute atomic E-state index is 5.78. The molecule has 2 rings (SSSR count). The molecular formula is C13H20BrN3O2Si. The summed E-state index contributed by atoms with van der Waals surface area (Å²) in [6, 6.07) is 1.15. The molecule has 0 saturated heterocycles. The van der Waals surface area contributed by atoms with Gasteiger partial charge in [-0.1, -0.05) is 19.6 Å². The number of rotatable bonds is 6. The number of halogens is 1. The number of aromatic nitrogens is 3. The summed E-state index contributed by atoms with van der Waals surface area (Å²) in [5.74, 6) is 0.564. The molecule has 0 amide bonds. The van der Waals surface area contributed by atoms with E-state index in [4.69, 9.17) is 9.47 Å². The molecule has 0 atom stereocenters. The lowest BCUT2D eigenvalue weighted by molar-refractivity contribution is 0.0898. The van der Waals surface area contributed by atoms with Gasteiger partial charge in [0.25, 0.3) is 0 Å². The maximum atomic E-state index is 5.78. The molecule has 2 aromatic heterocycles. The Bertz CT molecular complexity index is 595. The molecule has 5 nitrogen and oxygen atoms in total. The van der Waals surface area contributed by atoms with Gasteiger partial charge in [-0.2, -0.15) is 4.98 Å². The highest BCUT2D eigenvalue weighted by Crippen LogP contribution is 2.29. The third-order valence-electron chi connectivity index (χ3n) is 2.99. The molecule has 0 aliphatic heterocycles. The molecule has 0 radical (unpaired) electrons. The molecule has 0 bridgehead atoms. The fraction of sp³-hybridized carbons (Fsp3) is 0.538. The van der Waals surface area contributed by atoms with E-state index in [1.54, 1.807) is 7.11 Å².